The van der Waals surface area contributed by atoms with Crippen LogP contribution in [0.25, 0.3) is 0 Å². The molecule has 0 saturated carbocycles. The summed E-state index contributed by atoms with van der Waals surface area (Å²) >= 11 is 0. The number of carbonyl (C=O) groups is 1. The molecule has 0 aromatic carbocycles. The molecule has 104 valence electrons. The SMILES string of the molecule is CC(C)(C)OC(=O)N1CCC[C@@H]1c1cncc(F)c1. The minimum absolute atomic E-state index is 0.141. The minimum Gasteiger partial charge on any atom is -0.444 e. The highest BCUT2D eigenvalue weighted by Gasteiger charge is 2.33. The molecular weight excluding hydrogens is 247 g/mol. The fraction of sp³-hybridized carbons (Fsp3) is 0.571. The summed E-state index contributed by atoms with van der Waals surface area (Å²) in [6, 6.07) is 1.29. The average molecular weight is 266 g/mol. The third-order valence-corrected chi connectivity index (χ3v) is 2.99. The van der Waals surface area contributed by atoms with Crippen LogP contribution in [0.1, 0.15) is 45.2 Å². The molecule has 1 aromatic heterocycles. The van der Waals surface area contributed by atoms with Crippen LogP contribution in [0.2, 0.25) is 0 Å². The Labute approximate surface area is 112 Å². The van der Waals surface area contributed by atoms with Gasteiger partial charge in [-0.15, -0.1) is 0 Å². The van der Waals surface area contributed by atoms with Crippen LogP contribution in [0.3, 0.4) is 0 Å². The van der Waals surface area contributed by atoms with Crippen LogP contribution in [0, 0.1) is 5.82 Å². The Balaban J connectivity index is 2.15. The Bertz CT molecular complexity index is 471. The zero-order chi connectivity index (χ0) is 14.0. The number of aromatic nitrogens is 1. The lowest BCUT2D eigenvalue weighted by molar-refractivity contribution is 0.0224. The van der Waals surface area contributed by atoms with Crippen molar-refractivity contribution in [2.24, 2.45) is 0 Å². The molecule has 1 amide bonds. The number of hydrogen-bond acceptors (Lipinski definition) is 3. The number of amides is 1. The van der Waals surface area contributed by atoms with Crippen molar-refractivity contribution in [2.75, 3.05) is 6.54 Å². The third-order valence-electron chi connectivity index (χ3n) is 2.99. The largest absolute Gasteiger partial charge is 0.444 e. The van der Waals surface area contributed by atoms with E-state index in [0.29, 0.717) is 6.54 Å². The van der Waals surface area contributed by atoms with Crippen LogP contribution in [0.15, 0.2) is 18.5 Å². The Hall–Kier alpha value is -1.65. The van der Waals surface area contributed by atoms with Gasteiger partial charge in [-0.25, -0.2) is 9.18 Å². The van der Waals surface area contributed by atoms with Gasteiger partial charge < -0.3 is 9.64 Å². The zero-order valence-electron chi connectivity index (χ0n) is 11.5. The summed E-state index contributed by atoms with van der Waals surface area (Å²) in [6.45, 7) is 6.13. The topological polar surface area (TPSA) is 42.4 Å². The molecule has 1 saturated heterocycles. The van der Waals surface area contributed by atoms with Crippen LogP contribution in [-0.4, -0.2) is 28.1 Å². The molecule has 4 nitrogen and oxygen atoms in total. The first-order valence-corrected chi connectivity index (χ1v) is 6.47. The molecule has 0 spiro atoms. The predicted molar refractivity (Wildman–Crippen MR) is 69.1 cm³/mol. The Morgan fingerprint density at radius 1 is 1.47 bits per heavy atom. The molecule has 2 heterocycles. The first-order chi connectivity index (χ1) is 8.87. The van der Waals surface area contributed by atoms with Gasteiger partial charge in [-0.1, -0.05) is 0 Å². The van der Waals surface area contributed by atoms with Crippen molar-refractivity contribution in [3.05, 3.63) is 29.8 Å². The van der Waals surface area contributed by atoms with Gasteiger partial charge in [0.15, 0.2) is 0 Å². The smallest absolute Gasteiger partial charge is 0.410 e. The van der Waals surface area contributed by atoms with Gasteiger partial charge >= 0.3 is 6.09 Å². The third kappa shape index (κ3) is 3.43. The van der Waals surface area contributed by atoms with Gasteiger partial charge in [-0.2, -0.15) is 0 Å². The second kappa shape index (κ2) is 5.15. The van der Waals surface area contributed by atoms with Crippen molar-refractivity contribution in [2.45, 2.75) is 45.3 Å². The van der Waals surface area contributed by atoms with E-state index in [-0.39, 0.29) is 18.0 Å². The molecule has 1 aliphatic rings. The van der Waals surface area contributed by atoms with Crippen LogP contribution in [-0.2, 0) is 4.74 Å². The lowest BCUT2D eigenvalue weighted by Gasteiger charge is -2.28. The molecule has 1 fully saturated rings. The maximum Gasteiger partial charge on any atom is 0.410 e. The maximum atomic E-state index is 13.2. The van der Waals surface area contributed by atoms with Crippen LogP contribution in [0.5, 0.6) is 0 Å². The van der Waals surface area contributed by atoms with Crippen molar-refractivity contribution >= 4 is 6.09 Å². The predicted octanol–water partition coefficient (Wildman–Crippen LogP) is 3.29. The van der Waals surface area contributed by atoms with E-state index in [1.807, 2.05) is 20.8 Å². The van der Waals surface area contributed by atoms with E-state index in [9.17, 15) is 9.18 Å². The number of rotatable bonds is 1. The van der Waals surface area contributed by atoms with E-state index >= 15 is 0 Å². The van der Waals surface area contributed by atoms with Crippen molar-refractivity contribution in [3.63, 3.8) is 0 Å². The standard InChI is InChI=1S/C14H19FN2O2/c1-14(2,3)19-13(18)17-6-4-5-12(17)10-7-11(15)9-16-8-10/h7-9,12H,4-6H2,1-3H3/t12-/m1/s1. The molecule has 0 radical (unpaired) electrons. The number of nitrogens with zero attached hydrogens (tertiary/aromatic N) is 2. The molecule has 0 unspecified atom stereocenters. The van der Waals surface area contributed by atoms with Crippen molar-refractivity contribution in [1.29, 1.82) is 0 Å². The first kappa shape index (κ1) is 13.8. The molecule has 1 aromatic rings. The van der Waals surface area contributed by atoms with Gasteiger partial charge in [0.05, 0.1) is 12.2 Å². The van der Waals surface area contributed by atoms with E-state index < -0.39 is 5.60 Å². The summed E-state index contributed by atoms with van der Waals surface area (Å²) < 4.78 is 18.6. The summed E-state index contributed by atoms with van der Waals surface area (Å²) in [5.74, 6) is -0.381. The summed E-state index contributed by atoms with van der Waals surface area (Å²) in [4.78, 5) is 17.6. The molecule has 1 atom stereocenters. The summed E-state index contributed by atoms with van der Waals surface area (Å²) in [5.41, 5.74) is 0.202. The molecule has 0 N–H and O–H groups in total. The molecule has 0 bridgehead atoms. The molecular formula is C14H19FN2O2. The summed E-state index contributed by atoms with van der Waals surface area (Å²) in [6.07, 6.45) is 4.12. The lowest BCUT2D eigenvalue weighted by atomic mass is 10.1. The Morgan fingerprint density at radius 2 is 2.21 bits per heavy atom. The number of carbonyl (C=O) groups excluding carboxylic acids is 1. The van der Waals surface area contributed by atoms with Crippen LogP contribution < -0.4 is 0 Å². The number of hydrogen-bond donors (Lipinski definition) is 0. The van der Waals surface area contributed by atoms with Gasteiger partial charge in [0.25, 0.3) is 0 Å². The fourth-order valence-corrected chi connectivity index (χ4v) is 2.26. The first-order valence-electron chi connectivity index (χ1n) is 6.47. The number of ether oxygens (including phenoxy) is 1. The fourth-order valence-electron chi connectivity index (χ4n) is 2.26. The molecule has 2 rings (SSSR count). The van der Waals surface area contributed by atoms with Gasteiger partial charge in [0.1, 0.15) is 11.4 Å². The maximum absolute atomic E-state index is 13.2. The number of pyridine rings is 1. The van der Waals surface area contributed by atoms with Crippen molar-refractivity contribution in [3.8, 4) is 0 Å². The molecule has 19 heavy (non-hydrogen) atoms. The molecule has 0 aliphatic carbocycles. The van der Waals surface area contributed by atoms with Gasteiger partial charge in [-0.05, 0) is 45.2 Å². The monoisotopic (exact) mass is 266 g/mol. The van der Waals surface area contributed by atoms with Crippen LogP contribution >= 0.6 is 0 Å². The van der Waals surface area contributed by atoms with Gasteiger partial charge in [0, 0.05) is 12.7 Å². The quantitative estimate of drug-likeness (QED) is 0.783. The Morgan fingerprint density at radius 3 is 2.84 bits per heavy atom. The van der Waals surface area contributed by atoms with E-state index in [4.69, 9.17) is 4.74 Å². The number of likely N-dealkylation sites (tertiary alicyclic amines) is 1. The Kier molecular flexibility index (Phi) is 3.73. The van der Waals surface area contributed by atoms with E-state index in [1.165, 1.54) is 6.07 Å². The second-order valence-electron chi connectivity index (χ2n) is 5.77. The summed E-state index contributed by atoms with van der Waals surface area (Å²) in [7, 11) is 0. The van der Waals surface area contributed by atoms with Crippen LogP contribution in [0.4, 0.5) is 9.18 Å². The van der Waals surface area contributed by atoms with Gasteiger partial charge in [0.2, 0.25) is 0 Å². The van der Waals surface area contributed by atoms with Crippen molar-refractivity contribution < 1.29 is 13.9 Å². The zero-order valence-corrected chi connectivity index (χ0v) is 11.5. The van der Waals surface area contributed by atoms with Gasteiger partial charge in [-0.3, -0.25) is 4.98 Å². The second-order valence-corrected chi connectivity index (χ2v) is 5.77. The normalized spacial score (nSPS) is 19.6. The van der Waals surface area contributed by atoms with E-state index in [1.54, 1.807) is 11.1 Å². The van der Waals surface area contributed by atoms with E-state index in [2.05, 4.69) is 4.98 Å². The van der Waals surface area contributed by atoms with E-state index in [0.717, 1.165) is 24.6 Å². The lowest BCUT2D eigenvalue weighted by Crippen LogP contribution is -2.36. The van der Waals surface area contributed by atoms with Crippen molar-refractivity contribution in [1.82, 2.24) is 9.88 Å². The molecule has 1 aliphatic heterocycles. The highest BCUT2D eigenvalue weighted by Crippen LogP contribution is 2.32. The average Bonchev–Trinajstić information content (AvgIpc) is 2.75. The highest BCUT2D eigenvalue weighted by atomic mass is 19.1. The summed E-state index contributed by atoms with van der Waals surface area (Å²) in [5, 5.41) is 0. The highest BCUT2D eigenvalue weighted by molar-refractivity contribution is 5.69. The molecule has 5 heteroatoms. The number of halogens is 1. The minimum atomic E-state index is -0.523.